The smallest absolute Gasteiger partial charge is 0.0785 e. The van der Waals surface area contributed by atoms with Gasteiger partial charge in [-0.15, -0.1) is 0 Å². The summed E-state index contributed by atoms with van der Waals surface area (Å²) in [6, 6.07) is 0.180. The number of hydrogen-bond acceptors (Lipinski definition) is 4. The lowest BCUT2D eigenvalue weighted by molar-refractivity contribution is -0.00881. The fourth-order valence-corrected chi connectivity index (χ4v) is 2.15. The lowest BCUT2D eigenvalue weighted by Gasteiger charge is -2.30. The summed E-state index contributed by atoms with van der Waals surface area (Å²) in [4.78, 5) is 8.49. The van der Waals surface area contributed by atoms with Gasteiger partial charge in [-0.2, -0.15) is 0 Å². The Morgan fingerprint density at radius 1 is 1.50 bits per heavy atom. The fourth-order valence-electron chi connectivity index (χ4n) is 2.15. The zero-order valence-electron chi connectivity index (χ0n) is 9.72. The fraction of sp³-hybridized carbons (Fsp3) is 0.667. The van der Waals surface area contributed by atoms with Gasteiger partial charge in [0.1, 0.15) is 0 Å². The van der Waals surface area contributed by atoms with Gasteiger partial charge in [-0.1, -0.05) is 6.92 Å². The van der Waals surface area contributed by atoms with E-state index in [2.05, 4.69) is 22.2 Å². The number of nitrogens with zero attached hydrogens (tertiary/aromatic N) is 2. The largest absolute Gasteiger partial charge is 0.376 e. The third-order valence-corrected chi connectivity index (χ3v) is 2.91. The lowest BCUT2D eigenvalue weighted by atomic mass is 10.00. The molecule has 4 nitrogen and oxygen atoms in total. The van der Waals surface area contributed by atoms with Crippen LogP contribution < -0.4 is 5.32 Å². The van der Waals surface area contributed by atoms with Crippen molar-refractivity contribution < 1.29 is 4.74 Å². The van der Waals surface area contributed by atoms with Crippen LogP contribution in [0, 0.1) is 0 Å². The number of nitrogens with one attached hydrogen (secondary N) is 1. The summed E-state index contributed by atoms with van der Waals surface area (Å²) >= 11 is 0. The zero-order chi connectivity index (χ0) is 11.2. The summed E-state index contributed by atoms with van der Waals surface area (Å²) in [5, 5.41) is 3.44. The Morgan fingerprint density at radius 3 is 3.06 bits per heavy atom. The first-order valence-corrected chi connectivity index (χ1v) is 6.02. The molecule has 1 fully saturated rings. The van der Waals surface area contributed by atoms with Crippen molar-refractivity contribution in [3.8, 4) is 0 Å². The molecule has 0 aliphatic carbocycles. The Balaban J connectivity index is 2.09. The molecule has 2 heterocycles. The minimum absolute atomic E-state index is 0.180. The Morgan fingerprint density at radius 2 is 2.44 bits per heavy atom. The van der Waals surface area contributed by atoms with E-state index in [0.717, 1.165) is 25.3 Å². The second kappa shape index (κ2) is 5.92. The number of aromatic nitrogens is 2. The number of ether oxygens (including phenoxy) is 1. The maximum absolute atomic E-state index is 5.82. The first-order valence-electron chi connectivity index (χ1n) is 6.02. The molecule has 0 aromatic carbocycles. The molecular formula is C12H19N3O. The van der Waals surface area contributed by atoms with Crippen molar-refractivity contribution in [3.05, 3.63) is 24.3 Å². The van der Waals surface area contributed by atoms with E-state index < -0.39 is 0 Å². The van der Waals surface area contributed by atoms with E-state index in [9.17, 15) is 0 Å². The van der Waals surface area contributed by atoms with Crippen LogP contribution in [0.5, 0.6) is 0 Å². The summed E-state index contributed by atoms with van der Waals surface area (Å²) in [5.74, 6) is 0. The van der Waals surface area contributed by atoms with Gasteiger partial charge in [0, 0.05) is 19.0 Å². The highest BCUT2D eigenvalue weighted by Crippen LogP contribution is 2.24. The van der Waals surface area contributed by atoms with E-state index in [1.54, 1.807) is 12.4 Å². The molecule has 16 heavy (non-hydrogen) atoms. The summed E-state index contributed by atoms with van der Waals surface area (Å²) in [5.41, 5.74) is 0.983. The van der Waals surface area contributed by atoms with Gasteiger partial charge in [-0.25, -0.2) is 0 Å². The third kappa shape index (κ3) is 2.77. The van der Waals surface area contributed by atoms with E-state index in [1.807, 2.05) is 6.20 Å². The number of likely N-dealkylation sites (N-methyl/N-ethyl adjacent to an activating group) is 1. The predicted octanol–water partition coefficient (Wildman–Crippen LogP) is 1.70. The van der Waals surface area contributed by atoms with Crippen molar-refractivity contribution in [2.45, 2.75) is 38.3 Å². The van der Waals surface area contributed by atoms with Crippen molar-refractivity contribution in [2.24, 2.45) is 0 Å². The predicted molar refractivity (Wildman–Crippen MR) is 62.0 cm³/mol. The molecule has 1 aromatic heterocycles. The van der Waals surface area contributed by atoms with Crippen LogP contribution in [0.2, 0.25) is 0 Å². The van der Waals surface area contributed by atoms with E-state index in [-0.39, 0.29) is 12.1 Å². The van der Waals surface area contributed by atoms with Gasteiger partial charge in [0.25, 0.3) is 0 Å². The molecule has 1 aromatic rings. The minimum Gasteiger partial charge on any atom is -0.376 e. The molecule has 0 bridgehead atoms. The summed E-state index contributed by atoms with van der Waals surface area (Å²) in [6.07, 6.45) is 9.03. The SMILES string of the molecule is CCNC(c1cnccn1)C1CCCCO1. The van der Waals surface area contributed by atoms with Gasteiger partial charge in [0.05, 0.1) is 24.0 Å². The van der Waals surface area contributed by atoms with Gasteiger partial charge < -0.3 is 10.1 Å². The highest BCUT2D eigenvalue weighted by atomic mass is 16.5. The maximum Gasteiger partial charge on any atom is 0.0785 e. The van der Waals surface area contributed by atoms with Gasteiger partial charge in [0.2, 0.25) is 0 Å². The average Bonchev–Trinajstić information content (AvgIpc) is 2.38. The lowest BCUT2D eigenvalue weighted by Crippen LogP contribution is -2.36. The third-order valence-electron chi connectivity index (χ3n) is 2.91. The molecular weight excluding hydrogens is 202 g/mol. The van der Waals surface area contributed by atoms with E-state index in [0.29, 0.717) is 0 Å². The van der Waals surface area contributed by atoms with E-state index in [1.165, 1.54) is 12.8 Å². The Bertz CT molecular complexity index is 298. The standard InChI is InChI=1S/C12H19N3O/c1-2-14-12(10-9-13-6-7-15-10)11-5-3-4-8-16-11/h6-7,9,11-12,14H,2-5,8H2,1H3. The Kier molecular flexibility index (Phi) is 4.25. The topological polar surface area (TPSA) is 47.0 Å². The van der Waals surface area contributed by atoms with Gasteiger partial charge in [-0.05, 0) is 25.8 Å². The van der Waals surface area contributed by atoms with Crippen molar-refractivity contribution in [1.29, 1.82) is 0 Å². The second-order valence-electron chi connectivity index (χ2n) is 4.07. The Labute approximate surface area is 96.4 Å². The molecule has 1 aliphatic rings. The van der Waals surface area contributed by atoms with Crippen LogP contribution >= 0.6 is 0 Å². The van der Waals surface area contributed by atoms with Crippen LogP contribution in [0.3, 0.4) is 0 Å². The van der Waals surface area contributed by atoms with Crippen molar-refractivity contribution in [3.63, 3.8) is 0 Å². The number of hydrogen-bond donors (Lipinski definition) is 1. The minimum atomic E-state index is 0.180. The molecule has 1 aliphatic heterocycles. The normalized spacial score (nSPS) is 22.9. The van der Waals surface area contributed by atoms with Crippen molar-refractivity contribution in [1.82, 2.24) is 15.3 Å². The second-order valence-corrected chi connectivity index (χ2v) is 4.07. The van der Waals surface area contributed by atoms with Gasteiger partial charge >= 0.3 is 0 Å². The van der Waals surface area contributed by atoms with E-state index in [4.69, 9.17) is 4.74 Å². The molecule has 0 spiro atoms. The van der Waals surface area contributed by atoms with Gasteiger partial charge in [0.15, 0.2) is 0 Å². The molecule has 2 unspecified atom stereocenters. The molecule has 1 saturated heterocycles. The molecule has 2 rings (SSSR count). The first-order chi connectivity index (χ1) is 7.92. The molecule has 2 atom stereocenters. The quantitative estimate of drug-likeness (QED) is 0.840. The molecule has 1 N–H and O–H groups in total. The molecule has 0 saturated carbocycles. The van der Waals surface area contributed by atoms with Crippen LogP contribution in [-0.2, 0) is 4.74 Å². The van der Waals surface area contributed by atoms with Crippen LogP contribution in [0.1, 0.15) is 37.9 Å². The highest BCUT2D eigenvalue weighted by molar-refractivity contribution is 5.05. The van der Waals surface area contributed by atoms with Crippen LogP contribution in [0.25, 0.3) is 0 Å². The van der Waals surface area contributed by atoms with Crippen LogP contribution in [0.4, 0.5) is 0 Å². The monoisotopic (exact) mass is 221 g/mol. The Hall–Kier alpha value is -1.00. The van der Waals surface area contributed by atoms with Crippen LogP contribution in [0.15, 0.2) is 18.6 Å². The maximum atomic E-state index is 5.82. The highest BCUT2D eigenvalue weighted by Gasteiger charge is 2.26. The first kappa shape index (κ1) is 11.5. The summed E-state index contributed by atoms with van der Waals surface area (Å²) in [7, 11) is 0. The van der Waals surface area contributed by atoms with Crippen molar-refractivity contribution in [2.75, 3.05) is 13.2 Å². The molecule has 4 heteroatoms. The van der Waals surface area contributed by atoms with Gasteiger partial charge in [-0.3, -0.25) is 9.97 Å². The number of rotatable bonds is 4. The van der Waals surface area contributed by atoms with Crippen molar-refractivity contribution >= 4 is 0 Å². The molecule has 0 radical (unpaired) electrons. The average molecular weight is 221 g/mol. The van der Waals surface area contributed by atoms with Crippen LogP contribution in [-0.4, -0.2) is 29.2 Å². The summed E-state index contributed by atoms with van der Waals surface area (Å²) < 4.78 is 5.82. The summed E-state index contributed by atoms with van der Waals surface area (Å²) in [6.45, 7) is 3.89. The van der Waals surface area contributed by atoms with E-state index >= 15 is 0 Å². The zero-order valence-corrected chi connectivity index (χ0v) is 9.72. The molecule has 0 amide bonds. The molecule has 88 valence electrons.